The number of benzene rings is 2. The third kappa shape index (κ3) is 8.47. The highest BCUT2D eigenvalue weighted by Gasteiger charge is 2.01. The van der Waals surface area contributed by atoms with Gasteiger partial charge >= 0.3 is 0 Å². The zero-order valence-corrected chi connectivity index (χ0v) is 18.7. The summed E-state index contributed by atoms with van der Waals surface area (Å²) in [6.07, 6.45) is 0. The number of aliphatic imine (C=N–C) groups is 1. The molecular formula is C20H27IN4O3. The lowest BCUT2D eigenvalue weighted by Gasteiger charge is -2.13. The highest BCUT2D eigenvalue weighted by Crippen LogP contribution is 2.17. The molecule has 0 spiro atoms. The van der Waals surface area contributed by atoms with Crippen LogP contribution in [0.3, 0.4) is 0 Å². The smallest absolute Gasteiger partial charge is 0.221 e. The second-order valence-corrected chi connectivity index (χ2v) is 5.76. The minimum atomic E-state index is -0.111. The number of nitrogens with one attached hydrogen (secondary N) is 3. The number of carbonyl (C=O) groups excluding carboxylic acids is 1. The van der Waals surface area contributed by atoms with Crippen LogP contribution in [0.25, 0.3) is 0 Å². The molecule has 2 aromatic carbocycles. The lowest BCUT2D eigenvalue weighted by atomic mass is 10.2. The van der Waals surface area contributed by atoms with Crippen molar-refractivity contribution in [2.75, 3.05) is 32.6 Å². The van der Waals surface area contributed by atoms with E-state index < -0.39 is 0 Å². The van der Waals surface area contributed by atoms with E-state index in [1.807, 2.05) is 42.5 Å². The maximum atomic E-state index is 11.1. The third-order valence-electron chi connectivity index (χ3n) is 3.64. The summed E-state index contributed by atoms with van der Waals surface area (Å²) in [5, 5.41) is 9.18. The number of nitrogens with zero attached hydrogens (tertiary/aromatic N) is 1. The molecule has 0 unspecified atom stereocenters. The molecule has 7 nitrogen and oxygen atoms in total. The molecule has 2 aromatic rings. The standard InChI is InChI=1S/C20H26N4O3.HI/c1-15(25)24-17-7-5-9-19(13-17)27-11-10-22-20(21-2)23-14-16-6-4-8-18(12-16)26-3;/h4-9,12-13H,10-11,14H2,1-3H3,(H,24,25)(H2,21,22,23);1H. The van der Waals surface area contributed by atoms with E-state index in [2.05, 4.69) is 20.9 Å². The van der Waals surface area contributed by atoms with Crippen LogP contribution < -0.4 is 25.4 Å². The van der Waals surface area contributed by atoms with Gasteiger partial charge in [-0.25, -0.2) is 0 Å². The summed E-state index contributed by atoms with van der Waals surface area (Å²) >= 11 is 0. The average Bonchev–Trinajstić information content (AvgIpc) is 2.67. The van der Waals surface area contributed by atoms with Crippen LogP contribution >= 0.6 is 24.0 Å². The largest absolute Gasteiger partial charge is 0.497 e. The molecule has 1 amide bonds. The van der Waals surface area contributed by atoms with Crippen LogP contribution in [0.2, 0.25) is 0 Å². The molecule has 0 heterocycles. The van der Waals surface area contributed by atoms with E-state index in [-0.39, 0.29) is 29.9 Å². The van der Waals surface area contributed by atoms with Gasteiger partial charge in [-0.05, 0) is 29.8 Å². The summed E-state index contributed by atoms with van der Waals surface area (Å²) in [5.41, 5.74) is 1.81. The molecule has 0 aliphatic heterocycles. The number of rotatable bonds is 8. The molecule has 0 bridgehead atoms. The van der Waals surface area contributed by atoms with Crippen molar-refractivity contribution in [3.8, 4) is 11.5 Å². The number of guanidine groups is 1. The Morgan fingerprint density at radius 1 is 1.07 bits per heavy atom. The first-order valence-corrected chi connectivity index (χ1v) is 8.68. The van der Waals surface area contributed by atoms with Gasteiger partial charge in [0, 0.05) is 32.3 Å². The number of methoxy groups -OCH3 is 1. The van der Waals surface area contributed by atoms with Crippen LogP contribution in [-0.2, 0) is 11.3 Å². The van der Waals surface area contributed by atoms with Crippen molar-refractivity contribution in [3.05, 3.63) is 54.1 Å². The average molecular weight is 498 g/mol. The SMILES string of the molecule is CN=C(NCCOc1cccc(NC(C)=O)c1)NCc1cccc(OC)c1.I. The summed E-state index contributed by atoms with van der Waals surface area (Å²) in [7, 11) is 3.37. The zero-order valence-electron chi connectivity index (χ0n) is 16.3. The first-order chi connectivity index (χ1) is 13.1. The van der Waals surface area contributed by atoms with Gasteiger partial charge in [0.05, 0.1) is 13.7 Å². The monoisotopic (exact) mass is 498 g/mol. The number of carbonyl (C=O) groups is 1. The number of halogens is 1. The van der Waals surface area contributed by atoms with Crippen molar-refractivity contribution in [1.29, 1.82) is 0 Å². The quantitative estimate of drug-likeness (QED) is 0.226. The summed E-state index contributed by atoms with van der Waals surface area (Å²) < 4.78 is 10.9. The van der Waals surface area contributed by atoms with E-state index in [4.69, 9.17) is 9.47 Å². The second kappa shape index (κ2) is 12.8. The molecule has 152 valence electrons. The Labute approximate surface area is 182 Å². The van der Waals surface area contributed by atoms with Crippen LogP contribution in [0.4, 0.5) is 5.69 Å². The fourth-order valence-electron chi connectivity index (χ4n) is 2.39. The molecule has 2 rings (SSSR count). The Balaban J connectivity index is 0.00000392. The molecule has 3 N–H and O–H groups in total. The van der Waals surface area contributed by atoms with Gasteiger partial charge in [-0.1, -0.05) is 18.2 Å². The highest BCUT2D eigenvalue weighted by atomic mass is 127. The Hall–Kier alpha value is -2.49. The van der Waals surface area contributed by atoms with Crippen molar-refractivity contribution in [1.82, 2.24) is 10.6 Å². The Kier molecular flexibility index (Phi) is 10.8. The number of hydrogen-bond acceptors (Lipinski definition) is 4. The molecule has 0 radical (unpaired) electrons. The van der Waals surface area contributed by atoms with E-state index in [1.165, 1.54) is 6.92 Å². The number of ether oxygens (including phenoxy) is 2. The topological polar surface area (TPSA) is 84.0 Å². The Morgan fingerprint density at radius 3 is 2.54 bits per heavy atom. The normalized spacial score (nSPS) is 10.5. The fraction of sp³-hybridized carbons (Fsp3) is 0.300. The van der Waals surface area contributed by atoms with Crippen molar-refractivity contribution >= 4 is 41.5 Å². The van der Waals surface area contributed by atoms with Gasteiger partial charge in [0.15, 0.2) is 5.96 Å². The van der Waals surface area contributed by atoms with Gasteiger partial charge in [0.1, 0.15) is 18.1 Å². The Morgan fingerprint density at radius 2 is 1.82 bits per heavy atom. The van der Waals surface area contributed by atoms with Gasteiger partial charge in [0.25, 0.3) is 0 Å². The molecular weight excluding hydrogens is 471 g/mol. The van der Waals surface area contributed by atoms with Crippen molar-refractivity contribution in [3.63, 3.8) is 0 Å². The van der Waals surface area contributed by atoms with Gasteiger partial charge in [-0.2, -0.15) is 0 Å². The van der Waals surface area contributed by atoms with Crippen LogP contribution in [0.1, 0.15) is 12.5 Å². The minimum Gasteiger partial charge on any atom is -0.497 e. The van der Waals surface area contributed by atoms with E-state index in [1.54, 1.807) is 20.2 Å². The van der Waals surface area contributed by atoms with E-state index in [0.29, 0.717) is 37.1 Å². The predicted molar refractivity (Wildman–Crippen MR) is 123 cm³/mol. The number of hydrogen-bond donors (Lipinski definition) is 3. The summed E-state index contributed by atoms with van der Waals surface area (Å²) in [5.74, 6) is 2.10. The molecule has 0 aliphatic carbocycles. The summed E-state index contributed by atoms with van der Waals surface area (Å²) in [4.78, 5) is 15.3. The van der Waals surface area contributed by atoms with Crippen LogP contribution in [-0.4, -0.2) is 39.2 Å². The molecule has 0 saturated carbocycles. The highest BCUT2D eigenvalue weighted by molar-refractivity contribution is 14.0. The van der Waals surface area contributed by atoms with Crippen molar-refractivity contribution < 1.29 is 14.3 Å². The van der Waals surface area contributed by atoms with Crippen LogP contribution in [0.5, 0.6) is 11.5 Å². The zero-order chi connectivity index (χ0) is 19.5. The lowest BCUT2D eigenvalue weighted by molar-refractivity contribution is -0.114. The molecule has 8 heteroatoms. The third-order valence-corrected chi connectivity index (χ3v) is 3.64. The molecule has 0 atom stereocenters. The van der Waals surface area contributed by atoms with Crippen LogP contribution in [0, 0.1) is 0 Å². The molecule has 0 fully saturated rings. The first kappa shape index (κ1) is 23.5. The maximum Gasteiger partial charge on any atom is 0.221 e. The summed E-state index contributed by atoms with van der Waals surface area (Å²) in [6, 6.07) is 15.2. The Bertz CT molecular complexity index is 784. The predicted octanol–water partition coefficient (Wildman–Crippen LogP) is 3.02. The van der Waals surface area contributed by atoms with Gasteiger partial charge in [-0.15, -0.1) is 24.0 Å². The van der Waals surface area contributed by atoms with Crippen molar-refractivity contribution in [2.45, 2.75) is 13.5 Å². The maximum absolute atomic E-state index is 11.1. The van der Waals surface area contributed by atoms with E-state index in [0.717, 1.165) is 11.3 Å². The first-order valence-electron chi connectivity index (χ1n) is 8.68. The molecule has 28 heavy (non-hydrogen) atoms. The lowest BCUT2D eigenvalue weighted by Crippen LogP contribution is -2.38. The molecule has 0 saturated heterocycles. The number of amides is 1. The second-order valence-electron chi connectivity index (χ2n) is 5.76. The molecule has 0 aliphatic rings. The van der Waals surface area contributed by atoms with E-state index in [9.17, 15) is 4.79 Å². The number of anilines is 1. The van der Waals surface area contributed by atoms with Gasteiger partial charge in [-0.3, -0.25) is 9.79 Å². The minimum absolute atomic E-state index is 0. The molecule has 0 aromatic heterocycles. The van der Waals surface area contributed by atoms with Crippen molar-refractivity contribution in [2.24, 2.45) is 4.99 Å². The van der Waals surface area contributed by atoms with Crippen LogP contribution in [0.15, 0.2) is 53.5 Å². The van der Waals surface area contributed by atoms with E-state index >= 15 is 0 Å². The van der Waals surface area contributed by atoms with Gasteiger partial charge in [0.2, 0.25) is 5.91 Å². The fourth-order valence-corrected chi connectivity index (χ4v) is 2.39. The summed E-state index contributed by atoms with van der Waals surface area (Å²) in [6.45, 7) is 3.16. The van der Waals surface area contributed by atoms with Gasteiger partial charge < -0.3 is 25.4 Å².